The first-order valence-corrected chi connectivity index (χ1v) is 7.92. The van der Waals surface area contributed by atoms with Gasteiger partial charge in [-0.3, -0.25) is 4.98 Å². The van der Waals surface area contributed by atoms with Crippen LogP contribution in [0.5, 0.6) is 5.88 Å². The fraction of sp³-hybridized carbons (Fsp3) is 0.111. The molecule has 0 aliphatic carbocycles. The molecule has 0 saturated heterocycles. The van der Waals surface area contributed by atoms with E-state index in [0.29, 0.717) is 19.0 Å². The second-order valence-corrected chi connectivity index (χ2v) is 5.32. The Kier molecular flexibility index (Phi) is 4.20. The Balaban J connectivity index is 1.52. The Morgan fingerprint density at radius 2 is 1.96 bits per heavy atom. The Hall–Kier alpha value is -3.48. The predicted molar refractivity (Wildman–Crippen MR) is 94.4 cm³/mol. The summed E-state index contributed by atoms with van der Waals surface area (Å²) in [6.07, 6.45) is 8.27. The van der Waals surface area contributed by atoms with Crippen LogP contribution in [0.1, 0.15) is 0 Å². The number of hydrogen-bond donors (Lipinski definition) is 1. The first-order chi connectivity index (χ1) is 12.4. The van der Waals surface area contributed by atoms with Gasteiger partial charge >= 0.3 is 0 Å². The number of aromatic nitrogens is 5. The normalized spacial score (nSPS) is 10.7. The minimum absolute atomic E-state index is 0.455. The lowest BCUT2D eigenvalue weighted by atomic mass is 10.1. The number of fused-ring (bicyclic) bond motifs is 1. The van der Waals surface area contributed by atoms with Crippen molar-refractivity contribution in [3.05, 3.63) is 67.5 Å². The number of anilines is 1. The monoisotopic (exact) mass is 332 g/mol. The van der Waals surface area contributed by atoms with Crippen molar-refractivity contribution < 1.29 is 4.74 Å². The fourth-order valence-corrected chi connectivity index (χ4v) is 2.62. The Morgan fingerprint density at radius 1 is 1.04 bits per heavy atom. The van der Waals surface area contributed by atoms with Crippen molar-refractivity contribution in [3.63, 3.8) is 0 Å². The van der Waals surface area contributed by atoms with Gasteiger partial charge in [-0.25, -0.2) is 14.5 Å². The lowest BCUT2D eigenvalue weighted by Crippen LogP contribution is -2.14. The van der Waals surface area contributed by atoms with Gasteiger partial charge < -0.3 is 10.1 Å². The van der Waals surface area contributed by atoms with E-state index in [2.05, 4.69) is 37.5 Å². The van der Waals surface area contributed by atoms with Crippen LogP contribution in [0, 0.1) is 0 Å². The van der Waals surface area contributed by atoms with E-state index >= 15 is 0 Å². The zero-order valence-corrected chi connectivity index (χ0v) is 13.4. The van der Waals surface area contributed by atoms with Crippen LogP contribution in [0.15, 0.2) is 67.5 Å². The van der Waals surface area contributed by atoms with Gasteiger partial charge in [0.1, 0.15) is 18.5 Å². The van der Waals surface area contributed by atoms with Gasteiger partial charge in [-0.15, -0.1) is 0 Å². The van der Waals surface area contributed by atoms with Crippen molar-refractivity contribution >= 4 is 11.3 Å². The molecule has 25 heavy (non-hydrogen) atoms. The van der Waals surface area contributed by atoms with Gasteiger partial charge in [0, 0.05) is 24.2 Å². The number of nitrogens with one attached hydrogen (secondary N) is 1. The Labute approximate surface area is 144 Å². The van der Waals surface area contributed by atoms with Crippen molar-refractivity contribution in [1.29, 1.82) is 0 Å². The van der Waals surface area contributed by atoms with Crippen LogP contribution in [0.3, 0.4) is 0 Å². The predicted octanol–water partition coefficient (Wildman–Crippen LogP) is 2.68. The molecule has 0 amide bonds. The molecule has 1 N–H and O–H groups in total. The average Bonchev–Trinajstić information content (AvgIpc) is 3.12. The molecule has 3 heterocycles. The first-order valence-electron chi connectivity index (χ1n) is 7.92. The third-order valence-electron chi connectivity index (χ3n) is 3.72. The van der Waals surface area contributed by atoms with Crippen molar-refractivity contribution in [3.8, 4) is 17.0 Å². The van der Waals surface area contributed by atoms with Gasteiger partial charge in [0.15, 0.2) is 5.82 Å². The van der Waals surface area contributed by atoms with Gasteiger partial charge in [-0.05, 0) is 11.6 Å². The molecule has 7 heteroatoms. The molecule has 7 nitrogen and oxygen atoms in total. The third-order valence-corrected chi connectivity index (χ3v) is 3.72. The summed E-state index contributed by atoms with van der Waals surface area (Å²) in [6, 6.07) is 12.2. The van der Waals surface area contributed by atoms with Crippen LogP contribution in [0.4, 0.5) is 5.82 Å². The molecule has 0 fully saturated rings. The Morgan fingerprint density at radius 3 is 2.80 bits per heavy atom. The van der Waals surface area contributed by atoms with Crippen LogP contribution >= 0.6 is 0 Å². The fourth-order valence-electron chi connectivity index (χ4n) is 2.62. The number of nitrogens with zero attached hydrogens (tertiary/aromatic N) is 5. The van der Waals surface area contributed by atoms with Gasteiger partial charge in [0.25, 0.3) is 0 Å². The summed E-state index contributed by atoms with van der Waals surface area (Å²) >= 11 is 0. The highest BCUT2D eigenvalue weighted by molar-refractivity contribution is 5.88. The van der Waals surface area contributed by atoms with E-state index in [4.69, 9.17) is 4.74 Å². The van der Waals surface area contributed by atoms with Crippen molar-refractivity contribution in [1.82, 2.24) is 24.6 Å². The van der Waals surface area contributed by atoms with Crippen LogP contribution in [0.25, 0.3) is 16.6 Å². The summed E-state index contributed by atoms with van der Waals surface area (Å²) in [5.41, 5.74) is 3.14. The minimum atomic E-state index is 0.455. The van der Waals surface area contributed by atoms with E-state index in [1.807, 2.05) is 35.0 Å². The summed E-state index contributed by atoms with van der Waals surface area (Å²) < 4.78 is 7.37. The molecule has 0 radical (unpaired) electrons. The summed E-state index contributed by atoms with van der Waals surface area (Å²) in [5.74, 6) is 1.27. The molecular formula is C18H16N6O. The third kappa shape index (κ3) is 3.25. The van der Waals surface area contributed by atoms with Crippen LogP contribution < -0.4 is 10.1 Å². The second-order valence-electron chi connectivity index (χ2n) is 5.32. The van der Waals surface area contributed by atoms with Crippen LogP contribution in [-0.4, -0.2) is 37.7 Å². The van der Waals surface area contributed by atoms with Gasteiger partial charge in [-0.1, -0.05) is 30.3 Å². The van der Waals surface area contributed by atoms with Gasteiger partial charge in [0.05, 0.1) is 12.7 Å². The lowest BCUT2D eigenvalue weighted by molar-refractivity contribution is 0.318. The molecule has 3 aromatic heterocycles. The molecule has 0 spiro atoms. The molecule has 0 aliphatic rings. The second kappa shape index (κ2) is 6.96. The first kappa shape index (κ1) is 15.1. The smallest absolute Gasteiger partial charge is 0.232 e. The minimum Gasteiger partial charge on any atom is -0.475 e. The number of hydrogen-bond acceptors (Lipinski definition) is 6. The molecule has 4 rings (SSSR count). The van der Waals surface area contributed by atoms with Crippen molar-refractivity contribution in [2.75, 3.05) is 18.5 Å². The SMILES string of the molecule is c1ccc(-c2ccn3ncnc(NCCOc4cnccn4)c23)cc1. The van der Waals surface area contributed by atoms with E-state index < -0.39 is 0 Å². The summed E-state index contributed by atoms with van der Waals surface area (Å²) in [6.45, 7) is 1.04. The zero-order valence-electron chi connectivity index (χ0n) is 13.4. The standard InChI is InChI=1S/C18H16N6O/c1-2-4-14(5-3-1)15-6-10-24-17(15)18(22-13-23-24)21-9-11-25-16-12-19-7-8-20-16/h1-8,10,12-13H,9,11H2,(H,21,22,23). The van der Waals surface area contributed by atoms with E-state index in [1.165, 1.54) is 6.33 Å². The van der Waals surface area contributed by atoms with E-state index in [9.17, 15) is 0 Å². The summed E-state index contributed by atoms with van der Waals surface area (Å²) in [4.78, 5) is 12.4. The molecule has 0 unspecified atom stereocenters. The maximum absolute atomic E-state index is 5.55. The lowest BCUT2D eigenvalue weighted by Gasteiger charge is -2.09. The Bertz CT molecular complexity index is 955. The molecule has 0 aliphatic heterocycles. The van der Waals surface area contributed by atoms with E-state index in [0.717, 1.165) is 22.5 Å². The zero-order chi connectivity index (χ0) is 16.9. The van der Waals surface area contributed by atoms with Crippen molar-refractivity contribution in [2.24, 2.45) is 0 Å². The molecule has 1 aromatic carbocycles. The molecule has 4 aromatic rings. The molecule has 0 saturated carbocycles. The molecule has 0 bridgehead atoms. The van der Waals surface area contributed by atoms with Gasteiger partial charge in [-0.2, -0.15) is 5.10 Å². The highest BCUT2D eigenvalue weighted by Crippen LogP contribution is 2.28. The maximum Gasteiger partial charge on any atom is 0.232 e. The van der Waals surface area contributed by atoms with E-state index in [1.54, 1.807) is 18.6 Å². The summed E-state index contributed by atoms with van der Waals surface area (Å²) in [7, 11) is 0. The highest BCUT2D eigenvalue weighted by atomic mass is 16.5. The van der Waals surface area contributed by atoms with Crippen LogP contribution in [0.2, 0.25) is 0 Å². The van der Waals surface area contributed by atoms with Crippen molar-refractivity contribution in [2.45, 2.75) is 0 Å². The largest absolute Gasteiger partial charge is 0.475 e. The summed E-state index contributed by atoms with van der Waals surface area (Å²) in [5, 5.41) is 7.59. The molecule has 0 atom stereocenters. The number of ether oxygens (including phenoxy) is 1. The van der Waals surface area contributed by atoms with Gasteiger partial charge in [0.2, 0.25) is 5.88 Å². The molecule has 124 valence electrons. The average molecular weight is 332 g/mol. The quantitative estimate of drug-likeness (QED) is 0.547. The molecular weight excluding hydrogens is 316 g/mol. The maximum atomic E-state index is 5.55. The topological polar surface area (TPSA) is 77.2 Å². The van der Waals surface area contributed by atoms with Crippen LogP contribution in [-0.2, 0) is 0 Å². The highest BCUT2D eigenvalue weighted by Gasteiger charge is 2.11. The van der Waals surface area contributed by atoms with E-state index in [-0.39, 0.29) is 0 Å². The number of rotatable bonds is 6. The number of benzene rings is 1.